The van der Waals surface area contributed by atoms with E-state index in [1.165, 1.54) is 0 Å². The van der Waals surface area contributed by atoms with Crippen molar-refractivity contribution in [3.05, 3.63) is 144 Å². The summed E-state index contributed by atoms with van der Waals surface area (Å²) in [5, 5.41) is 6.08. The van der Waals surface area contributed by atoms with Gasteiger partial charge in [-0.2, -0.15) is 0 Å². The summed E-state index contributed by atoms with van der Waals surface area (Å²) < 4.78 is 6.22. The number of likely N-dealkylation sites (tertiary alicyclic amines) is 2. The predicted molar refractivity (Wildman–Crippen MR) is 236 cm³/mol. The fourth-order valence-electron chi connectivity index (χ4n) is 8.89. The van der Waals surface area contributed by atoms with E-state index in [1.807, 2.05) is 119 Å². The van der Waals surface area contributed by atoms with Crippen LogP contribution in [0.2, 0.25) is 0 Å². The van der Waals surface area contributed by atoms with Crippen LogP contribution in [0.4, 0.5) is 0 Å². The van der Waals surface area contributed by atoms with Crippen LogP contribution in [0.1, 0.15) is 98.3 Å². The van der Waals surface area contributed by atoms with Gasteiger partial charge in [-0.15, -0.1) is 0 Å². The molecule has 4 heterocycles. The standard InChI is InChI=1S/C50H50N8O5/c59-47(35-15-16-35)55-43(33-9-3-1-4-10-33)49(61)57-27-7-13-41(57)45-51-29-39(53-45)31-19-23-37(24-20-31)63-38-25-21-32(22-26-38)40-30-52-46(54-40)42-14-8-28-58(42)50(62)44(34-11-5-2-6-12-34)56-48(60)36-17-18-36/h1-6,9-12,19-26,29-30,35-36,41-44H,7-8,13-18,27-28H2,(H,51,53)(H,52,54)(H,55,59)(H,56,60). The molecule has 4 amide bonds. The number of nitrogens with zero attached hydrogens (tertiary/aromatic N) is 4. The van der Waals surface area contributed by atoms with E-state index < -0.39 is 12.1 Å². The van der Waals surface area contributed by atoms with E-state index in [9.17, 15) is 19.2 Å². The molecule has 4 aliphatic rings. The van der Waals surface area contributed by atoms with Crippen LogP contribution in [0, 0.1) is 11.8 Å². The third-order valence-electron chi connectivity index (χ3n) is 12.7. The molecular weight excluding hydrogens is 793 g/mol. The van der Waals surface area contributed by atoms with Gasteiger partial charge in [-0.3, -0.25) is 19.2 Å². The molecule has 63 heavy (non-hydrogen) atoms. The summed E-state index contributed by atoms with van der Waals surface area (Å²) in [5.74, 6) is 2.44. The van der Waals surface area contributed by atoms with Crippen molar-refractivity contribution in [2.45, 2.75) is 75.5 Å². The van der Waals surface area contributed by atoms with E-state index >= 15 is 0 Å². The van der Waals surface area contributed by atoms with Crippen molar-refractivity contribution in [3.8, 4) is 34.0 Å². The lowest BCUT2D eigenvalue weighted by Crippen LogP contribution is -2.43. The van der Waals surface area contributed by atoms with E-state index in [4.69, 9.17) is 14.7 Å². The average Bonchev–Trinajstić information content (AvgIpc) is 4.08. The van der Waals surface area contributed by atoms with E-state index in [0.717, 1.165) is 96.7 Å². The first-order chi connectivity index (χ1) is 30.9. The first kappa shape index (κ1) is 40.1. The van der Waals surface area contributed by atoms with Gasteiger partial charge in [0, 0.05) is 24.9 Å². The SMILES string of the molecule is O=C(NC(C(=O)N1CCCC1c1ncc(-c2ccc(Oc3ccc(-c4cnc(C5CCCN5C(=O)C(NC(=O)C5CC5)c5ccccc5)[nH]4)cc3)cc2)[nH]1)c1ccccc1)C1CC1. The first-order valence-electron chi connectivity index (χ1n) is 22.2. The third-order valence-corrected chi connectivity index (χ3v) is 12.7. The molecule has 2 aromatic heterocycles. The number of carbonyl (C=O) groups excluding carboxylic acids is 4. The van der Waals surface area contributed by atoms with Crippen molar-refractivity contribution in [3.63, 3.8) is 0 Å². The van der Waals surface area contributed by atoms with Crippen molar-refractivity contribution in [2.75, 3.05) is 13.1 Å². The second kappa shape index (κ2) is 17.4. The molecule has 13 nitrogen and oxygen atoms in total. The number of ether oxygens (including phenoxy) is 1. The van der Waals surface area contributed by atoms with Gasteiger partial charge in [0.15, 0.2) is 0 Å². The molecule has 4 unspecified atom stereocenters. The lowest BCUT2D eigenvalue weighted by molar-refractivity contribution is -0.138. The summed E-state index contributed by atoms with van der Waals surface area (Å²) in [5.41, 5.74) is 5.09. The highest BCUT2D eigenvalue weighted by Gasteiger charge is 2.41. The molecule has 4 atom stereocenters. The molecule has 10 rings (SSSR count). The Labute approximate surface area is 365 Å². The van der Waals surface area contributed by atoms with E-state index in [2.05, 4.69) is 20.6 Å². The van der Waals surface area contributed by atoms with Gasteiger partial charge in [-0.25, -0.2) is 9.97 Å². The number of amides is 4. The molecular formula is C50H50N8O5. The van der Waals surface area contributed by atoms with Gasteiger partial charge in [-0.05, 0) is 122 Å². The minimum atomic E-state index is -0.740. The molecule has 2 saturated heterocycles. The quantitative estimate of drug-likeness (QED) is 0.0860. The number of rotatable bonds is 14. The molecule has 4 aromatic carbocycles. The minimum Gasteiger partial charge on any atom is -0.457 e. The lowest BCUT2D eigenvalue weighted by Gasteiger charge is -2.28. The molecule has 2 aliphatic heterocycles. The minimum absolute atomic E-state index is 0.00447. The van der Waals surface area contributed by atoms with Gasteiger partial charge < -0.3 is 35.1 Å². The maximum Gasteiger partial charge on any atom is 0.250 e. The second-order valence-electron chi connectivity index (χ2n) is 17.1. The van der Waals surface area contributed by atoms with Crippen LogP contribution in [0.5, 0.6) is 11.5 Å². The Kier molecular flexibility index (Phi) is 11.1. The van der Waals surface area contributed by atoms with Crippen LogP contribution < -0.4 is 15.4 Å². The van der Waals surface area contributed by atoms with Gasteiger partial charge in [-0.1, -0.05) is 60.7 Å². The Morgan fingerprint density at radius 2 is 0.937 bits per heavy atom. The van der Waals surface area contributed by atoms with Crippen molar-refractivity contribution in [1.29, 1.82) is 0 Å². The normalized spacial score (nSPS) is 19.4. The third kappa shape index (κ3) is 8.73. The molecule has 4 N–H and O–H groups in total. The van der Waals surface area contributed by atoms with E-state index in [-0.39, 0.29) is 47.5 Å². The average molecular weight is 843 g/mol. The van der Waals surface area contributed by atoms with Crippen LogP contribution in [0.25, 0.3) is 22.5 Å². The number of hydrogen-bond donors (Lipinski definition) is 4. The smallest absolute Gasteiger partial charge is 0.250 e. The second-order valence-corrected chi connectivity index (χ2v) is 17.1. The molecule has 2 aliphatic carbocycles. The van der Waals surface area contributed by atoms with E-state index in [0.29, 0.717) is 24.6 Å². The Morgan fingerprint density at radius 1 is 0.540 bits per heavy atom. The van der Waals surface area contributed by atoms with E-state index in [1.54, 1.807) is 12.4 Å². The number of carbonyl (C=O) groups is 4. The summed E-state index contributed by atoms with van der Waals surface area (Å²) in [6.07, 6.45) is 10.3. The molecule has 6 aromatic rings. The Hall–Kier alpha value is -7.02. The summed E-state index contributed by atoms with van der Waals surface area (Å²) in [4.78, 5) is 73.9. The zero-order valence-electron chi connectivity index (χ0n) is 34.9. The topological polar surface area (TPSA) is 165 Å². The molecule has 0 spiro atoms. The summed E-state index contributed by atoms with van der Waals surface area (Å²) in [7, 11) is 0. The number of H-pyrrole nitrogens is 2. The van der Waals surface area contributed by atoms with Crippen LogP contribution in [-0.4, -0.2) is 66.5 Å². The molecule has 0 bridgehead atoms. The van der Waals surface area contributed by atoms with Gasteiger partial charge >= 0.3 is 0 Å². The van der Waals surface area contributed by atoms with Crippen LogP contribution in [0.15, 0.2) is 122 Å². The highest BCUT2D eigenvalue weighted by atomic mass is 16.5. The van der Waals surface area contributed by atoms with Crippen molar-refractivity contribution in [1.82, 2.24) is 40.4 Å². The number of benzene rings is 4. The fraction of sp³-hybridized carbons (Fsp3) is 0.320. The summed E-state index contributed by atoms with van der Waals surface area (Å²) in [6, 6.07) is 32.6. The van der Waals surface area contributed by atoms with Crippen molar-refractivity contribution >= 4 is 23.6 Å². The zero-order valence-corrected chi connectivity index (χ0v) is 34.9. The highest BCUT2D eigenvalue weighted by Crippen LogP contribution is 2.38. The number of nitrogens with one attached hydrogen (secondary N) is 4. The highest BCUT2D eigenvalue weighted by molar-refractivity contribution is 5.91. The number of aromatic nitrogens is 4. The summed E-state index contributed by atoms with van der Waals surface area (Å²) in [6.45, 7) is 1.19. The molecule has 13 heteroatoms. The Bertz CT molecular complexity index is 2410. The Balaban J connectivity index is 0.771. The molecule has 4 fully saturated rings. The first-order valence-corrected chi connectivity index (χ1v) is 22.2. The number of aromatic amines is 2. The molecule has 2 saturated carbocycles. The number of imidazole rings is 2. The molecule has 320 valence electrons. The van der Waals surface area contributed by atoms with Crippen LogP contribution in [-0.2, 0) is 19.2 Å². The van der Waals surface area contributed by atoms with Crippen LogP contribution in [0.3, 0.4) is 0 Å². The predicted octanol–water partition coefficient (Wildman–Crippen LogP) is 8.12. The number of hydrogen-bond acceptors (Lipinski definition) is 7. The maximum atomic E-state index is 14.1. The summed E-state index contributed by atoms with van der Waals surface area (Å²) >= 11 is 0. The molecule has 0 radical (unpaired) electrons. The largest absolute Gasteiger partial charge is 0.457 e. The zero-order chi connectivity index (χ0) is 42.9. The van der Waals surface area contributed by atoms with Gasteiger partial charge in [0.25, 0.3) is 0 Å². The Morgan fingerprint density at radius 3 is 1.32 bits per heavy atom. The van der Waals surface area contributed by atoms with Gasteiger partial charge in [0.1, 0.15) is 35.2 Å². The van der Waals surface area contributed by atoms with Crippen molar-refractivity contribution in [2.24, 2.45) is 11.8 Å². The monoisotopic (exact) mass is 842 g/mol. The van der Waals surface area contributed by atoms with Gasteiger partial charge in [0.05, 0.1) is 35.9 Å². The lowest BCUT2D eigenvalue weighted by atomic mass is 10.0. The van der Waals surface area contributed by atoms with Crippen molar-refractivity contribution < 1.29 is 23.9 Å². The van der Waals surface area contributed by atoms with Gasteiger partial charge in [0.2, 0.25) is 23.6 Å². The van der Waals surface area contributed by atoms with Crippen LogP contribution >= 0.6 is 0 Å². The maximum absolute atomic E-state index is 14.1. The fourth-order valence-corrected chi connectivity index (χ4v) is 8.89.